The Morgan fingerprint density at radius 2 is 2.18 bits per heavy atom. The highest BCUT2D eigenvalue weighted by Gasteiger charge is 2.11. The zero-order chi connectivity index (χ0) is 12.4. The van der Waals surface area contributed by atoms with Crippen LogP contribution in [-0.4, -0.2) is 4.98 Å². The largest absolute Gasteiger partial charge is 0.431 e. The summed E-state index contributed by atoms with van der Waals surface area (Å²) in [5.41, 5.74) is 1.14. The van der Waals surface area contributed by atoms with E-state index < -0.39 is 0 Å². The van der Waals surface area contributed by atoms with Crippen molar-refractivity contribution in [2.24, 2.45) is 0 Å². The number of thiazole rings is 1. The van der Waals surface area contributed by atoms with E-state index in [1.54, 1.807) is 5.38 Å². The fourth-order valence-corrected chi connectivity index (χ4v) is 2.62. The van der Waals surface area contributed by atoms with Crippen molar-refractivity contribution in [3.05, 3.63) is 38.8 Å². The van der Waals surface area contributed by atoms with Crippen molar-refractivity contribution in [1.82, 2.24) is 4.98 Å². The van der Waals surface area contributed by atoms with Gasteiger partial charge in [0.1, 0.15) is 10.9 Å². The van der Waals surface area contributed by atoms with Crippen LogP contribution in [0.15, 0.2) is 28.1 Å². The van der Waals surface area contributed by atoms with Crippen LogP contribution in [0.4, 0.5) is 0 Å². The number of nitrogens with zero attached hydrogens (tertiary/aromatic N) is 1. The summed E-state index contributed by atoms with van der Waals surface area (Å²) >= 11 is 10.6. The van der Waals surface area contributed by atoms with Crippen LogP contribution in [-0.2, 0) is 0 Å². The van der Waals surface area contributed by atoms with Crippen molar-refractivity contribution in [3.8, 4) is 10.9 Å². The van der Waals surface area contributed by atoms with Crippen LogP contribution in [0.5, 0.6) is 10.9 Å². The Balaban J connectivity index is 2.32. The highest BCUT2D eigenvalue weighted by atomic mass is 79.9. The van der Waals surface area contributed by atoms with Crippen LogP contribution in [0.25, 0.3) is 0 Å². The molecule has 0 N–H and O–H groups in total. The van der Waals surface area contributed by atoms with Gasteiger partial charge in [0.15, 0.2) is 0 Å². The molecule has 5 heteroatoms. The van der Waals surface area contributed by atoms with Crippen LogP contribution >= 0.6 is 38.9 Å². The van der Waals surface area contributed by atoms with E-state index in [1.807, 2.05) is 12.1 Å². The smallest absolute Gasteiger partial charge is 0.280 e. The Labute approximate surface area is 118 Å². The molecule has 0 aliphatic heterocycles. The number of aromatic nitrogens is 1. The lowest BCUT2D eigenvalue weighted by Gasteiger charge is -2.12. The van der Waals surface area contributed by atoms with Gasteiger partial charge in [-0.15, -0.1) is 0 Å². The first kappa shape index (κ1) is 12.9. The highest BCUT2D eigenvalue weighted by Crippen LogP contribution is 2.34. The lowest BCUT2D eigenvalue weighted by molar-refractivity contribution is 0.469. The normalized spacial score (nSPS) is 10.9. The summed E-state index contributed by atoms with van der Waals surface area (Å²) in [5.74, 6) is 1.21. The molecular formula is C12H11BrClNOS. The quantitative estimate of drug-likeness (QED) is 0.743. The van der Waals surface area contributed by atoms with Crippen LogP contribution in [0.1, 0.15) is 25.3 Å². The molecule has 0 saturated heterocycles. The number of rotatable bonds is 3. The molecule has 17 heavy (non-hydrogen) atoms. The van der Waals surface area contributed by atoms with E-state index in [0.29, 0.717) is 16.3 Å². The third-order valence-electron chi connectivity index (χ3n) is 2.25. The topological polar surface area (TPSA) is 22.1 Å². The van der Waals surface area contributed by atoms with Crippen LogP contribution in [0.3, 0.4) is 0 Å². The van der Waals surface area contributed by atoms with E-state index in [4.69, 9.17) is 16.3 Å². The van der Waals surface area contributed by atoms with Gasteiger partial charge in [-0.25, -0.2) is 0 Å². The van der Waals surface area contributed by atoms with Gasteiger partial charge in [-0.3, -0.25) is 0 Å². The zero-order valence-electron chi connectivity index (χ0n) is 9.41. The first-order chi connectivity index (χ1) is 8.06. The minimum absolute atomic E-state index is 0.387. The van der Waals surface area contributed by atoms with E-state index in [0.717, 1.165) is 15.8 Å². The van der Waals surface area contributed by atoms with Gasteiger partial charge in [0, 0.05) is 9.85 Å². The molecule has 1 heterocycles. The number of hydrogen-bond donors (Lipinski definition) is 0. The van der Waals surface area contributed by atoms with Crippen LogP contribution in [0, 0.1) is 0 Å². The second-order valence-corrected chi connectivity index (χ2v) is 6.00. The first-order valence-electron chi connectivity index (χ1n) is 5.14. The van der Waals surface area contributed by atoms with E-state index >= 15 is 0 Å². The Bertz CT molecular complexity index is 527. The standard InChI is InChI=1S/C12H11BrClNOS/c1-7(2)9-5-8(13)3-4-10(9)16-12-15-11(14)6-17-12/h3-7H,1-2H3. The monoisotopic (exact) mass is 331 g/mol. The molecule has 0 unspecified atom stereocenters. The molecular weight excluding hydrogens is 322 g/mol. The fourth-order valence-electron chi connectivity index (χ4n) is 1.44. The minimum atomic E-state index is 0.387. The summed E-state index contributed by atoms with van der Waals surface area (Å²) in [4.78, 5) is 4.08. The fraction of sp³-hybridized carbons (Fsp3) is 0.250. The lowest BCUT2D eigenvalue weighted by Crippen LogP contribution is -1.93. The van der Waals surface area contributed by atoms with E-state index in [2.05, 4.69) is 40.8 Å². The summed E-state index contributed by atoms with van der Waals surface area (Å²) in [6.07, 6.45) is 0. The number of benzene rings is 1. The molecule has 1 aromatic heterocycles. The zero-order valence-corrected chi connectivity index (χ0v) is 12.6. The van der Waals surface area contributed by atoms with Crippen LogP contribution in [0.2, 0.25) is 5.15 Å². The molecule has 0 spiro atoms. The van der Waals surface area contributed by atoms with Crippen molar-refractivity contribution in [1.29, 1.82) is 0 Å². The van der Waals surface area contributed by atoms with Gasteiger partial charge in [-0.2, -0.15) is 4.98 Å². The molecule has 0 aliphatic rings. The van der Waals surface area contributed by atoms with Gasteiger partial charge in [0.05, 0.1) is 0 Å². The van der Waals surface area contributed by atoms with Gasteiger partial charge in [0.25, 0.3) is 5.19 Å². The summed E-state index contributed by atoms with van der Waals surface area (Å²) in [6, 6.07) is 5.96. The maximum Gasteiger partial charge on any atom is 0.280 e. The number of ether oxygens (including phenoxy) is 1. The average molecular weight is 333 g/mol. The third kappa shape index (κ3) is 3.21. The Hall–Kier alpha value is -0.580. The Morgan fingerprint density at radius 3 is 2.76 bits per heavy atom. The predicted octanol–water partition coefficient (Wildman–Crippen LogP) is 5.47. The van der Waals surface area contributed by atoms with Crippen molar-refractivity contribution >= 4 is 38.9 Å². The molecule has 0 aliphatic carbocycles. The molecule has 2 aromatic rings. The average Bonchev–Trinajstić information content (AvgIpc) is 2.66. The molecule has 0 bridgehead atoms. The van der Waals surface area contributed by atoms with Gasteiger partial charge >= 0.3 is 0 Å². The Kier molecular flexibility index (Phi) is 4.07. The summed E-state index contributed by atoms with van der Waals surface area (Å²) in [7, 11) is 0. The van der Waals surface area contributed by atoms with Gasteiger partial charge in [-0.1, -0.05) is 52.7 Å². The van der Waals surface area contributed by atoms with Gasteiger partial charge in [-0.05, 0) is 29.7 Å². The van der Waals surface area contributed by atoms with Gasteiger partial charge in [0.2, 0.25) is 0 Å². The highest BCUT2D eigenvalue weighted by molar-refractivity contribution is 9.10. The molecule has 0 fully saturated rings. The molecule has 90 valence electrons. The van der Waals surface area contributed by atoms with E-state index in [9.17, 15) is 0 Å². The first-order valence-corrected chi connectivity index (χ1v) is 7.19. The van der Waals surface area contributed by atoms with Gasteiger partial charge < -0.3 is 4.74 Å². The molecule has 2 rings (SSSR count). The molecule has 1 aromatic carbocycles. The van der Waals surface area contributed by atoms with Crippen molar-refractivity contribution in [2.45, 2.75) is 19.8 Å². The van der Waals surface area contributed by atoms with E-state index in [1.165, 1.54) is 11.3 Å². The third-order valence-corrected chi connectivity index (χ3v) is 3.78. The second-order valence-electron chi connectivity index (χ2n) is 3.88. The SMILES string of the molecule is CC(C)c1cc(Br)ccc1Oc1nc(Cl)cs1. The minimum Gasteiger partial charge on any atom is -0.431 e. The molecule has 0 radical (unpaired) electrons. The molecule has 2 nitrogen and oxygen atoms in total. The van der Waals surface area contributed by atoms with Crippen LogP contribution < -0.4 is 4.74 Å². The maximum absolute atomic E-state index is 5.77. The number of halogens is 2. The van der Waals surface area contributed by atoms with E-state index in [-0.39, 0.29) is 0 Å². The Morgan fingerprint density at radius 1 is 1.41 bits per heavy atom. The molecule has 0 amide bonds. The molecule has 0 atom stereocenters. The number of hydrogen-bond acceptors (Lipinski definition) is 3. The second kappa shape index (κ2) is 5.38. The lowest BCUT2D eigenvalue weighted by atomic mass is 10.0. The molecule has 0 saturated carbocycles. The maximum atomic E-state index is 5.77. The van der Waals surface area contributed by atoms with Crippen molar-refractivity contribution < 1.29 is 4.74 Å². The summed E-state index contributed by atoms with van der Waals surface area (Å²) < 4.78 is 6.80. The summed E-state index contributed by atoms with van der Waals surface area (Å²) in [6.45, 7) is 4.26. The predicted molar refractivity (Wildman–Crippen MR) is 75.4 cm³/mol. The van der Waals surface area contributed by atoms with Crippen molar-refractivity contribution in [2.75, 3.05) is 0 Å². The van der Waals surface area contributed by atoms with Crippen molar-refractivity contribution in [3.63, 3.8) is 0 Å². The summed E-state index contributed by atoms with van der Waals surface area (Å²) in [5, 5.41) is 2.79.